The summed E-state index contributed by atoms with van der Waals surface area (Å²) in [5, 5.41) is 11.2. The standard InChI is InChI=1S/C17H15FO3/c1-11(17(20)21)15(12-7-9-14(18)10-8-12)16(19)13-5-3-2-4-6-13/h2-11,15H,1H3,(H,20,21)/p-1/t11-,15-/m1/s1. The van der Waals surface area contributed by atoms with E-state index in [0.717, 1.165) is 0 Å². The summed E-state index contributed by atoms with van der Waals surface area (Å²) in [6.07, 6.45) is 0. The van der Waals surface area contributed by atoms with Crippen molar-refractivity contribution in [1.82, 2.24) is 0 Å². The number of carboxylic acid groups (broad SMARTS) is 1. The molecular weight excluding hydrogens is 271 g/mol. The first kappa shape index (κ1) is 14.9. The highest BCUT2D eigenvalue weighted by Gasteiger charge is 2.28. The summed E-state index contributed by atoms with van der Waals surface area (Å²) in [4.78, 5) is 23.8. The summed E-state index contributed by atoms with van der Waals surface area (Å²) in [5.74, 6) is -3.99. The van der Waals surface area contributed by atoms with Crippen LogP contribution in [0.1, 0.15) is 28.8 Å². The fourth-order valence-corrected chi connectivity index (χ4v) is 2.26. The summed E-state index contributed by atoms with van der Waals surface area (Å²) in [7, 11) is 0. The van der Waals surface area contributed by atoms with Gasteiger partial charge in [-0.3, -0.25) is 4.79 Å². The van der Waals surface area contributed by atoms with Crippen LogP contribution in [-0.2, 0) is 4.79 Å². The van der Waals surface area contributed by atoms with Crippen molar-refractivity contribution in [3.63, 3.8) is 0 Å². The van der Waals surface area contributed by atoms with Crippen molar-refractivity contribution in [3.05, 3.63) is 71.5 Å². The zero-order chi connectivity index (χ0) is 15.4. The topological polar surface area (TPSA) is 57.2 Å². The molecule has 0 saturated heterocycles. The van der Waals surface area contributed by atoms with Gasteiger partial charge in [0.25, 0.3) is 0 Å². The summed E-state index contributed by atoms with van der Waals surface area (Å²) >= 11 is 0. The molecule has 2 aromatic carbocycles. The number of halogens is 1. The molecule has 0 N–H and O–H groups in total. The molecule has 0 aromatic heterocycles. The lowest BCUT2D eigenvalue weighted by Crippen LogP contribution is -2.36. The van der Waals surface area contributed by atoms with E-state index in [9.17, 15) is 19.1 Å². The van der Waals surface area contributed by atoms with Gasteiger partial charge in [-0.05, 0) is 17.7 Å². The van der Waals surface area contributed by atoms with Crippen LogP contribution in [0.15, 0.2) is 54.6 Å². The second-order valence-electron chi connectivity index (χ2n) is 4.87. The Labute approximate surface area is 122 Å². The number of carbonyl (C=O) groups is 2. The van der Waals surface area contributed by atoms with Gasteiger partial charge in [-0.1, -0.05) is 49.4 Å². The number of ketones is 1. The molecule has 21 heavy (non-hydrogen) atoms. The highest BCUT2D eigenvalue weighted by Crippen LogP contribution is 2.28. The van der Waals surface area contributed by atoms with Crippen LogP contribution in [0.25, 0.3) is 0 Å². The SMILES string of the molecule is C[C@@H](C(=O)[O-])[C@@H](C(=O)c1ccccc1)c1ccc(F)cc1. The number of carboxylic acids is 1. The third-order valence-electron chi connectivity index (χ3n) is 3.44. The van der Waals surface area contributed by atoms with Gasteiger partial charge in [0.1, 0.15) is 5.82 Å². The molecule has 2 atom stereocenters. The minimum Gasteiger partial charge on any atom is -0.550 e. The molecule has 0 heterocycles. The predicted molar refractivity (Wildman–Crippen MR) is 74.1 cm³/mol. The van der Waals surface area contributed by atoms with Crippen molar-refractivity contribution >= 4 is 11.8 Å². The average molecular weight is 285 g/mol. The molecule has 0 spiro atoms. The minimum atomic E-state index is -1.31. The molecular formula is C17H14FO3-. The Balaban J connectivity index is 2.44. The van der Waals surface area contributed by atoms with Gasteiger partial charge in [0.05, 0.1) is 5.92 Å². The Morgan fingerprint density at radius 1 is 1.00 bits per heavy atom. The Bertz CT molecular complexity index is 635. The first-order valence-corrected chi connectivity index (χ1v) is 6.56. The van der Waals surface area contributed by atoms with Crippen molar-refractivity contribution in [2.75, 3.05) is 0 Å². The quantitative estimate of drug-likeness (QED) is 0.791. The second kappa shape index (κ2) is 6.31. The number of benzene rings is 2. The van der Waals surface area contributed by atoms with Crippen LogP contribution < -0.4 is 5.11 Å². The highest BCUT2D eigenvalue weighted by molar-refractivity contribution is 6.02. The summed E-state index contributed by atoms with van der Waals surface area (Å²) in [6, 6.07) is 13.7. The first-order valence-electron chi connectivity index (χ1n) is 6.56. The predicted octanol–water partition coefficient (Wildman–Crippen LogP) is 2.18. The molecule has 0 aliphatic heterocycles. The Morgan fingerprint density at radius 3 is 2.10 bits per heavy atom. The molecule has 0 bridgehead atoms. The maximum Gasteiger partial charge on any atom is 0.170 e. The lowest BCUT2D eigenvalue weighted by atomic mass is 9.81. The molecule has 0 aliphatic carbocycles. The Hall–Kier alpha value is -2.49. The Morgan fingerprint density at radius 2 is 1.57 bits per heavy atom. The maximum atomic E-state index is 13.0. The maximum absolute atomic E-state index is 13.0. The van der Waals surface area contributed by atoms with Crippen LogP contribution >= 0.6 is 0 Å². The highest BCUT2D eigenvalue weighted by atomic mass is 19.1. The average Bonchev–Trinajstić information content (AvgIpc) is 2.50. The second-order valence-corrected chi connectivity index (χ2v) is 4.87. The molecule has 0 fully saturated rings. The summed E-state index contributed by atoms with van der Waals surface area (Å²) in [6.45, 7) is 1.42. The van der Waals surface area contributed by atoms with E-state index in [1.807, 2.05) is 0 Å². The van der Waals surface area contributed by atoms with Crippen molar-refractivity contribution in [2.24, 2.45) is 5.92 Å². The third kappa shape index (κ3) is 3.34. The number of rotatable bonds is 5. The van der Waals surface area contributed by atoms with Gasteiger partial charge in [-0.2, -0.15) is 0 Å². The molecule has 0 radical (unpaired) electrons. The lowest BCUT2D eigenvalue weighted by Gasteiger charge is -2.24. The summed E-state index contributed by atoms with van der Waals surface area (Å²) < 4.78 is 13.0. The van der Waals surface area contributed by atoms with Gasteiger partial charge in [0.2, 0.25) is 0 Å². The van der Waals surface area contributed by atoms with E-state index in [4.69, 9.17) is 0 Å². The van der Waals surface area contributed by atoms with E-state index in [1.165, 1.54) is 31.2 Å². The van der Waals surface area contributed by atoms with E-state index >= 15 is 0 Å². The summed E-state index contributed by atoms with van der Waals surface area (Å²) in [5.41, 5.74) is 0.877. The fraction of sp³-hybridized carbons (Fsp3) is 0.176. The molecule has 4 heteroatoms. The molecule has 108 valence electrons. The number of aliphatic carboxylic acids is 1. The van der Waals surface area contributed by atoms with Crippen molar-refractivity contribution in [3.8, 4) is 0 Å². The van der Waals surface area contributed by atoms with Crippen LogP contribution in [0.5, 0.6) is 0 Å². The molecule has 0 saturated carbocycles. The van der Waals surface area contributed by atoms with Crippen LogP contribution in [0.3, 0.4) is 0 Å². The van der Waals surface area contributed by atoms with Crippen molar-refractivity contribution in [1.29, 1.82) is 0 Å². The van der Waals surface area contributed by atoms with Gasteiger partial charge >= 0.3 is 0 Å². The van der Waals surface area contributed by atoms with Crippen LogP contribution in [0, 0.1) is 11.7 Å². The van der Waals surface area contributed by atoms with Gasteiger partial charge < -0.3 is 9.90 Å². The van der Waals surface area contributed by atoms with E-state index in [1.54, 1.807) is 30.3 Å². The molecule has 2 rings (SSSR count). The van der Waals surface area contributed by atoms with E-state index in [2.05, 4.69) is 0 Å². The number of hydrogen-bond acceptors (Lipinski definition) is 3. The van der Waals surface area contributed by atoms with E-state index < -0.39 is 23.6 Å². The van der Waals surface area contributed by atoms with Gasteiger partial charge in [-0.25, -0.2) is 4.39 Å². The van der Waals surface area contributed by atoms with Crippen LogP contribution in [0.2, 0.25) is 0 Å². The fourth-order valence-electron chi connectivity index (χ4n) is 2.26. The van der Waals surface area contributed by atoms with Gasteiger partial charge in [-0.15, -0.1) is 0 Å². The first-order chi connectivity index (χ1) is 10.0. The largest absolute Gasteiger partial charge is 0.550 e. The minimum absolute atomic E-state index is 0.320. The van der Waals surface area contributed by atoms with E-state index in [-0.39, 0.29) is 5.78 Å². The molecule has 0 amide bonds. The van der Waals surface area contributed by atoms with Gasteiger partial charge in [0, 0.05) is 17.5 Å². The lowest BCUT2D eigenvalue weighted by molar-refractivity contribution is -0.311. The number of carbonyl (C=O) groups excluding carboxylic acids is 2. The van der Waals surface area contributed by atoms with Gasteiger partial charge in [0.15, 0.2) is 5.78 Å². The third-order valence-corrected chi connectivity index (χ3v) is 3.44. The van der Waals surface area contributed by atoms with Crippen LogP contribution in [-0.4, -0.2) is 11.8 Å². The van der Waals surface area contributed by atoms with Crippen LogP contribution in [0.4, 0.5) is 4.39 Å². The smallest absolute Gasteiger partial charge is 0.170 e. The number of hydrogen-bond donors (Lipinski definition) is 0. The zero-order valence-electron chi connectivity index (χ0n) is 11.5. The zero-order valence-corrected chi connectivity index (χ0v) is 11.5. The normalized spacial score (nSPS) is 13.4. The van der Waals surface area contributed by atoms with Crippen molar-refractivity contribution in [2.45, 2.75) is 12.8 Å². The van der Waals surface area contributed by atoms with E-state index in [0.29, 0.717) is 11.1 Å². The molecule has 0 aliphatic rings. The monoisotopic (exact) mass is 285 g/mol. The number of Topliss-reactive ketones (excluding diaryl/α,β-unsaturated/α-hetero) is 1. The molecule has 0 unspecified atom stereocenters. The van der Waals surface area contributed by atoms with Crippen molar-refractivity contribution < 1.29 is 19.1 Å². The molecule has 3 nitrogen and oxygen atoms in total. The Kier molecular flexibility index (Phi) is 4.48. The molecule has 2 aromatic rings.